The van der Waals surface area contributed by atoms with Gasteiger partial charge in [0.15, 0.2) is 23.0 Å². The number of benzene rings is 2. The molecule has 0 saturated carbocycles. The quantitative estimate of drug-likeness (QED) is 0.625. The van der Waals surface area contributed by atoms with Crippen LogP contribution in [0.2, 0.25) is 0 Å². The number of rotatable bonds is 2. The molecule has 0 amide bonds. The van der Waals surface area contributed by atoms with Crippen LogP contribution in [0, 0.1) is 0 Å². The van der Waals surface area contributed by atoms with E-state index in [0.717, 1.165) is 0 Å². The van der Waals surface area contributed by atoms with E-state index in [2.05, 4.69) is 0 Å². The maximum Gasteiger partial charge on any atom is 0.356 e. The SMILES string of the molecule is O=C(Oc1ccc2c(c1)OCO2)[C@H]1COc2ccccc2O1. The Bertz CT molecular complexity index is 726. The average Bonchev–Trinajstić information content (AvgIpc) is 3.02. The second-order valence-electron chi connectivity index (χ2n) is 4.80. The second-order valence-corrected chi connectivity index (χ2v) is 4.80. The normalized spacial score (nSPS) is 17.9. The van der Waals surface area contributed by atoms with E-state index in [0.29, 0.717) is 28.7 Å². The molecule has 1 atom stereocenters. The fraction of sp³-hybridized carbons (Fsp3) is 0.188. The minimum atomic E-state index is -0.805. The topological polar surface area (TPSA) is 63.2 Å². The zero-order valence-corrected chi connectivity index (χ0v) is 11.5. The Balaban J connectivity index is 1.47. The molecule has 0 spiro atoms. The van der Waals surface area contributed by atoms with E-state index >= 15 is 0 Å². The van der Waals surface area contributed by atoms with E-state index in [1.54, 1.807) is 30.3 Å². The molecule has 0 radical (unpaired) electrons. The first-order valence-electron chi connectivity index (χ1n) is 6.79. The monoisotopic (exact) mass is 300 g/mol. The molecule has 2 aliphatic rings. The Morgan fingerprint density at radius 3 is 2.64 bits per heavy atom. The highest BCUT2D eigenvalue weighted by molar-refractivity contribution is 5.78. The summed E-state index contributed by atoms with van der Waals surface area (Å²) in [5.74, 6) is 2.18. The third-order valence-corrected chi connectivity index (χ3v) is 3.33. The Morgan fingerprint density at radius 1 is 0.955 bits per heavy atom. The molecule has 0 saturated heterocycles. The molecule has 6 nitrogen and oxygen atoms in total. The van der Waals surface area contributed by atoms with Crippen molar-refractivity contribution >= 4 is 5.97 Å². The number of esters is 1. The van der Waals surface area contributed by atoms with Crippen LogP contribution in [0.25, 0.3) is 0 Å². The molecule has 4 rings (SSSR count). The third kappa shape index (κ3) is 2.28. The van der Waals surface area contributed by atoms with Crippen molar-refractivity contribution < 1.29 is 28.5 Å². The number of carbonyl (C=O) groups excluding carboxylic acids is 1. The summed E-state index contributed by atoms with van der Waals surface area (Å²) in [6.45, 7) is 0.281. The van der Waals surface area contributed by atoms with Crippen molar-refractivity contribution in [3.05, 3.63) is 42.5 Å². The predicted octanol–water partition coefficient (Wildman–Crippen LogP) is 2.16. The molecular formula is C16H12O6. The second kappa shape index (κ2) is 5.14. The van der Waals surface area contributed by atoms with Crippen LogP contribution in [-0.4, -0.2) is 25.5 Å². The van der Waals surface area contributed by atoms with Gasteiger partial charge in [0.05, 0.1) is 0 Å². The summed E-state index contributed by atoms with van der Waals surface area (Å²) in [5, 5.41) is 0. The lowest BCUT2D eigenvalue weighted by atomic mass is 10.2. The van der Waals surface area contributed by atoms with E-state index < -0.39 is 12.1 Å². The first kappa shape index (κ1) is 12.8. The van der Waals surface area contributed by atoms with Gasteiger partial charge in [-0.15, -0.1) is 0 Å². The van der Waals surface area contributed by atoms with Gasteiger partial charge in [-0.05, 0) is 24.3 Å². The van der Waals surface area contributed by atoms with Crippen molar-refractivity contribution in [2.24, 2.45) is 0 Å². The summed E-state index contributed by atoms with van der Waals surface area (Å²) in [5.41, 5.74) is 0. The van der Waals surface area contributed by atoms with E-state index in [1.807, 2.05) is 12.1 Å². The highest BCUT2D eigenvalue weighted by Crippen LogP contribution is 2.35. The number of carbonyl (C=O) groups is 1. The summed E-state index contributed by atoms with van der Waals surface area (Å²) in [4.78, 5) is 12.2. The molecule has 2 heterocycles. The Labute approximate surface area is 126 Å². The number of hydrogen-bond donors (Lipinski definition) is 0. The fourth-order valence-electron chi connectivity index (χ4n) is 2.26. The first-order valence-corrected chi connectivity index (χ1v) is 6.79. The number of ether oxygens (including phenoxy) is 5. The van der Waals surface area contributed by atoms with Crippen molar-refractivity contribution in [1.82, 2.24) is 0 Å². The van der Waals surface area contributed by atoms with Crippen LogP contribution >= 0.6 is 0 Å². The van der Waals surface area contributed by atoms with Crippen molar-refractivity contribution in [3.8, 4) is 28.7 Å². The van der Waals surface area contributed by atoms with Crippen LogP contribution in [0.4, 0.5) is 0 Å². The minimum absolute atomic E-state index is 0.112. The highest BCUT2D eigenvalue weighted by Gasteiger charge is 2.29. The average molecular weight is 300 g/mol. The molecule has 2 aliphatic heterocycles. The standard InChI is InChI=1S/C16H12O6/c17-16(15-8-18-11-3-1-2-4-13(11)22-15)21-10-5-6-12-14(7-10)20-9-19-12/h1-7,15H,8-9H2/t15-/m1/s1. The lowest BCUT2D eigenvalue weighted by Gasteiger charge is -2.24. The molecule has 2 aromatic carbocycles. The van der Waals surface area contributed by atoms with Gasteiger partial charge in [-0.3, -0.25) is 0 Å². The van der Waals surface area contributed by atoms with Gasteiger partial charge >= 0.3 is 5.97 Å². The van der Waals surface area contributed by atoms with Gasteiger partial charge in [-0.1, -0.05) is 12.1 Å². The van der Waals surface area contributed by atoms with Gasteiger partial charge in [-0.25, -0.2) is 4.79 Å². The highest BCUT2D eigenvalue weighted by atomic mass is 16.7. The number of fused-ring (bicyclic) bond motifs is 2. The Morgan fingerprint density at radius 2 is 1.73 bits per heavy atom. The van der Waals surface area contributed by atoms with Crippen LogP contribution < -0.4 is 23.7 Å². The molecule has 112 valence electrons. The zero-order valence-electron chi connectivity index (χ0n) is 11.5. The van der Waals surface area contributed by atoms with Crippen LogP contribution in [0.15, 0.2) is 42.5 Å². The van der Waals surface area contributed by atoms with Crippen LogP contribution in [0.1, 0.15) is 0 Å². The van der Waals surface area contributed by atoms with Gasteiger partial charge < -0.3 is 23.7 Å². The molecule has 0 N–H and O–H groups in total. The molecule has 0 aromatic heterocycles. The van der Waals surface area contributed by atoms with E-state index in [-0.39, 0.29) is 13.4 Å². The van der Waals surface area contributed by atoms with Crippen LogP contribution in [0.3, 0.4) is 0 Å². The van der Waals surface area contributed by atoms with Gasteiger partial charge in [0, 0.05) is 6.07 Å². The summed E-state index contributed by atoms with van der Waals surface area (Å²) in [6.07, 6.45) is -0.805. The van der Waals surface area contributed by atoms with Crippen LogP contribution in [0.5, 0.6) is 28.7 Å². The van der Waals surface area contributed by atoms with E-state index in [1.165, 1.54) is 0 Å². The molecule has 0 unspecified atom stereocenters. The number of hydrogen-bond acceptors (Lipinski definition) is 6. The fourth-order valence-corrected chi connectivity index (χ4v) is 2.26. The molecule has 0 aliphatic carbocycles. The zero-order chi connectivity index (χ0) is 14.9. The van der Waals surface area contributed by atoms with Gasteiger partial charge in [0.2, 0.25) is 12.9 Å². The van der Waals surface area contributed by atoms with Crippen molar-refractivity contribution in [3.63, 3.8) is 0 Å². The molecule has 0 fully saturated rings. The largest absolute Gasteiger partial charge is 0.485 e. The number of para-hydroxylation sites is 2. The third-order valence-electron chi connectivity index (χ3n) is 3.33. The van der Waals surface area contributed by atoms with Crippen molar-refractivity contribution in [2.75, 3.05) is 13.4 Å². The Kier molecular flexibility index (Phi) is 3.00. The maximum absolute atomic E-state index is 12.2. The molecule has 22 heavy (non-hydrogen) atoms. The van der Waals surface area contributed by atoms with Gasteiger partial charge in [0.25, 0.3) is 0 Å². The van der Waals surface area contributed by atoms with E-state index in [9.17, 15) is 4.79 Å². The minimum Gasteiger partial charge on any atom is -0.485 e. The first-order chi connectivity index (χ1) is 10.8. The predicted molar refractivity (Wildman–Crippen MR) is 74.6 cm³/mol. The lowest BCUT2D eigenvalue weighted by Crippen LogP contribution is -2.39. The summed E-state index contributed by atoms with van der Waals surface area (Å²) in [7, 11) is 0. The maximum atomic E-state index is 12.2. The van der Waals surface area contributed by atoms with Gasteiger partial charge in [0.1, 0.15) is 12.4 Å². The summed E-state index contributed by atoms with van der Waals surface area (Å²) in [6, 6.07) is 12.1. The lowest BCUT2D eigenvalue weighted by molar-refractivity contribution is -0.144. The molecule has 2 aromatic rings. The van der Waals surface area contributed by atoms with Crippen molar-refractivity contribution in [1.29, 1.82) is 0 Å². The summed E-state index contributed by atoms with van der Waals surface area (Å²) < 4.78 is 26.9. The molecular weight excluding hydrogens is 288 g/mol. The molecule has 6 heteroatoms. The molecule has 0 bridgehead atoms. The van der Waals surface area contributed by atoms with Crippen molar-refractivity contribution in [2.45, 2.75) is 6.10 Å². The van der Waals surface area contributed by atoms with Gasteiger partial charge in [-0.2, -0.15) is 0 Å². The van der Waals surface area contributed by atoms with Crippen LogP contribution in [-0.2, 0) is 4.79 Å². The van der Waals surface area contributed by atoms with E-state index in [4.69, 9.17) is 23.7 Å². The smallest absolute Gasteiger partial charge is 0.356 e. The Hall–Kier alpha value is -2.89. The summed E-state index contributed by atoms with van der Waals surface area (Å²) >= 11 is 0.